The van der Waals surface area contributed by atoms with Crippen molar-refractivity contribution in [2.45, 2.75) is 13.1 Å². The highest BCUT2D eigenvalue weighted by atomic mass is 19.1. The first kappa shape index (κ1) is 21.0. The van der Waals surface area contributed by atoms with Crippen molar-refractivity contribution in [3.63, 3.8) is 0 Å². The van der Waals surface area contributed by atoms with Gasteiger partial charge in [-0.15, -0.1) is 0 Å². The summed E-state index contributed by atoms with van der Waals surface area (Å²) in [6.07, 6.45) is 2.02. The normalized spacial score (nSPS) is 12.6. The predicted molar refractivity (Wildman–Crippen MR) is 108 cm³/mol. The lowest BCUT2D eigenvalue weighted by Gasteiger charge is -2.28. The van der Waals surface area contributed by atoms with Crippen molar-refractivity contribution in [1.82, 2.24) is 20.2 Å². The van der Waals surface area contributed by atoms with Gasteiger partial charge in [-0.2, -0.15) is 0 Å². The average molecular weight is 441 g/mol. The van der Waals surface area contributed by atoms with E-state index in [0.29, 0.717) is 5.56 Å². The molecule has 3 amide bonds. The molecular formula is C21H17F2N5O4. The number of nitrogens with one attached hydrogen (secondary N) is 2. The molecule has 0 fully saturated rings. The molecule has 164 valence electrons. The maximum atomic E-state index is 14.7. The van der Waals surface area contributed by atoms with Gasteiger partial charge < -0.3 is 14.8 Å². The third-order valence-electron chi connectivity index (χ3n) is 4.58. The molecule has 0 saturated heterocycles. The number of benzene rings is 1. The number of nitrogens with zero attached hydrogens (tertiary/aromatic N) is 3. The van der Waals surface area contributed by atoms with Crippen molar-refractivity contribution in [3.05, 3.63) is 71.6 Å². The molecule has 0 unspecified atom stereocenters. The number of pyridine rings is 2. The second-order valence-electron chi connectivity index (χ2n) is 6.72. The van der Waals surface area contributed by atoms with Gasteiger partial charge in [0, 0.05) is 36.6 Å². The molecule has 9 nitrogen and oxygen atoms in total. The number of hydrogen-bond acceptors (Lipinski definition) is 6. The Hall–Kier alpha value is -4.28. The van der Waals surface area contributed by atoms with Crippen molar-refractivity contribution in [3.8, 4) is 17.4 Å². The highest BCUT2D eigenvalue weighted by molar-refractivity contribution is 5.88. The fourth-order valence-corrected chi connectivity index (χ4v) is 3.00. The largest absolute Gasteiger partial charge is 0.436 e. The van der Waals surface area contributed by atoms with Gasteiger partial charge in [0.05, 0.1) is 13.1 Å². The molecule has 0 radical (unpaired) electrons. The summed E-state index contributed by atoms with van der Waals surface area (Å²) < 4.78 is 39.2. The lowest BCUT2D eigenvalue weighted by molar-refractivity contribution is 0.134. The summed E-state index contributed by atoms with van der Waals surface area (Å²) in [7, 11) is 1.39. The number of amides is 3. The van der Waals surface area contributed by atoms with Crippen LogP contribution in [0.1, 0.15) is 11.1 Å². The minimum Gasteiger partial charge on any atom is -0.436 e. The molecule has 0 spiro atoms. The van der Waals surface area contributed by atoms with E-state index in [4.69, 9.17) is 9.47 Å². The number of carbonyl (C=O) groups excluding carboxylic acids is 2. The van der Waals surface area contributed by atoms with Crippen LogP contribution in [-0.2, 0) is 13.1 Å². The van der Waals surface area contributed by atoms with Gasteiger partial charge in [0.2, 0.25) is 0 Å². The molecule has 1 aliphatic rings. The van der Waals surface area contributed by atoms with Crippen LogP contribution in [0, 0.1) is 11.6 Å². The summed E-state index contributed by atoms with van der Waals surface area (Å²) in [5.41, 5.74) is 0.800. The van der Waals surface area contributed by atoms with Crippen LogP contribution in [0.2, 0.25) is 0 Å². The second kappa shape index (κ2) is 8.84. The molecule has 4 rings (SSSR count). The summed E-state index contributed by atoms with van der Waals surface area (Å²) in [6, 6.07) is 8.14. The highest BCUT2D eigenvalue weighted by Gasteiger charge is 2.27. The maximum absolute atomic E-state index is 14.7. The van der Waals surface area contributed by atoms with E-state index >= 15 is 0 Å². The van der Waals surface area contributed by atoms with E-state index in [0.717, 1.165) is 0 Å². The molecular weight excluding hydrogens is 424 g/mol. The summed E-state index contributed by atoms with van der Waals surface area (Å²) in [5, 5.41) is 4.58. The minimum absolute atomic E-state index is 0.105. The zero-order valence-electron chi connectivity index (χ0n) is 16.8. The molecule has 1 aromatic carbocycles. The lowest BCUT2D eigenvalue weighted by atomic mass is 10.1. The van der Waals surface area contributed by atoms with Gasteiger partial charge in [0.15, 0.2) is 17.5 Å². The monoisotopic (exact) mass is 441 g/mol. The van der Waals surface area contributed by atoms with Crippen molar-refractivity contribution in [2.24, 2.45) is 0 Å². The van der Waals surface area contributed by atoms with Gasteiger partial charge in [-0.05, 0) is 30.3 Å². The first-order valence-corrected chi connectivity index (χ1v) is 9.44. The number of rotatable bonds is 5. The first-order chi connectivity index (χ1) is 15.4. The Morgan fingerprint density at radius 2 is 2.06 bits per heavy atom. The van der Waals surface area contributed by atoms with Gasteiger partial charge in [0.1, 0.15) is 11.5 Å². The summed E-state index contributed by atoms with van der Waals surface area (Å²) in [4.78, 5) is 32.8. The topological polar surface area (TPSA) is 106 Å². The molecule has 0 saturated carbocycles. The predicted octanol–water partition coefficient (Wildman–Crippen LogP) is 3.81. The molecule has 2 N–H and O–H groups in total. The van der Waals surface area contributed by atoms with Crippen LogP contribution < -0.4 is 20.1 Å². The van der Waals surface area contributed by atoms with Crippen LogP contribution in [-0.4, -0.2) is 34.0 Å². The van der Waals surface area contributed by atoms with E-state index in [1.54, 1.807) is 12.1 Å². The summed E-state index contributed by atoms with van der Waals surface area (Å²) in [5.74, 6) is -1.35. The Balaban J connectivity index is 1.50. The van der Waals surface area contributed by atoms with Crippen LogP contribution in [0.4, 0.5) is 24.2 Å². The smallest absolute Gasteiger partial charge is 0.415 e. The fraction of sp³-hybridized carbons (Fsp3) is 0.143. The average Bonchev–Trinajstić information content (AvgIpc) is 2.78. The molecule has 0 atom stereocenters. The molecule has 3 heterocycles. The van der Waals surface area contributed by atoms with Crippen LogP contribution in [0.25, 0.3) is 0 Å². The molecule has 3 aromatic rings. The van der Waals surface area contributed by atoms with E-state index in [-0.39, 0.29) is 41.8 Å². The third-order valence-corrected chi connectivity index (χ3v) is 4.58. The van der Waals surface area contributed by atoms with E-state index < -0.39 is 23.8 Å². The van der Waals surface area contributed by atoms with Gasteiger partial charge in [-0.25, -0.2) is 28.3 Å². The van der Waals surface area contributed by atoms with Crippen molar-refractivity contribution in [2.75, 3.05) is 12.4 Å². The molecule has 32 heavy (non-hydrogen) atoms. The van der Waals surface area contributed by atoms with Crippen molar-refractivity contribution in [1.29, 1.82) is 0 Å². The quantitative estimate of drug-likeness (QED) is 0.624. The molecule has 1 aliphatic heterocycles. The second-order valence-corrected chi connectivity index (χ2v) is 6.72. The summed E-state index contributed by atoms with van der Waals surface area (Å²) in [6.45, 7) is 0.0405. The van der Waals surface area contributed by atoms with Crippen LogP contribution in [0.15, 0.2) is 48.8 Å². The Bertz CT molecular complexity index is 1190. The van der Waals surface area contributed by atoms with E-state index in [1.807, 2.05) is 0 Å². The molecule has 0 bridgehead atoms. The van der Waals surface area contributed by atoms with E-state index in [1.165, 1.54) is 48.6 Å². The summed E-state index contributed by atoms with van der Waals surface area (Å²) >= 11 is 0. The number of urea groups is 1. The number of anilines is 1. The SMILES string of the molecule is CNC(=O)Nc1nccc(CN2Cc3ccc(Oc4ncccc4F)cc3OC2=O)c1F. The third kappa shape index (κ3) is 4.41. The van der Waals surface area contributed by atoms with E-state index in [9.17, 15) is 18.4 Å². The zero-order valence-corrected chi connectivity index (χ0v) is 16.8. The Morgan fingerprint density at radius 3 is 2.84 bits per heavy atom. The fourth-order valence-electron chi connectivity index (χ4n) is 3.00. The number of carbonyl (C=O) groups is 2. The number of fused-ring (bicyclic) bond motifs is 1. The van der Waals surface area contributed by atoms with Crippen LogP contribution in [0.3, 0.4) is 0 Å². The Morgan fingerprint density at radius 1 is 1.22 bits per heavy atom. The zero-order chi connectivity index (χ0) is 22.7. The minimum atomic E-state index is -0.754. The van der Waals surface area contributed by atoms with Gasteiger partial charge in [0.25, 0.3) is 5.88 Å². The van der Waals surface area contributed by atoms with Gasteiger partial charge >= 0.3 is 12.1 Å². The standard InChI is InChI=1S/C21H17F2N5O4/c1-24-20(29)27-18-17(23)13(6-8-25-18)11-28-10-12-4-5-14(9-16(12)32-21(28)30)31-19-15(22)3-2-7-26-19/h2-9H,10-11H2,1H3,(H2,24,25,27,29). The Labute approximate surface area is 181 Å². The number of ether oxygens (including phenoxy) is 2. The molecule has 0 aliphatic carbocycles. The molecule has 11 heteroatoms. The lowest BCUT2D eigenvalue weighted by Crippen LogP contribution is -2.36. The van der Waals surface area contributed by atoms with Crippen molar-refractivity contribution >= 4 is 17.9 Å². The van der Waals surface area contributed by atoms with Gasteiger partial charge in [-0.1, -0.05) is 0 Å². The number of halogens is 2. The Kier molecular flexibility index (Phi) is 5.79. The number of hydrogen-bond donors (Lipinski definition) is 2. The maximum Gasteiger partial charge on any atom is 0.415 e. The van der Waals surface area contributed by atoms with E-state index in [2.05, 4.69) is 20.6 Å². The molecule has 2 aromatic heterocycles. The number of aromatic nitrogens is 2. The van der Waals surface area contributed by atoms with Crippen LogP contribution in [0.5, 0.6) is 17.4 Å². The van der Waals surface area contributed by atoms with Crippen molar-refractivity contribution < 1.29 is 27.8 Å². The van der Waals surface area contributed by atoms with Crippen LogP contribution >= 0.6 is 0 Å². The van der Waals surface area contributed by atoms with Gasteiger partial charge in [-0.3, -0.25) is 10.2 Å². The highest BCUT2D eigenvalue weighted by Crippen LogP contribution is 2.33. The first-order valence-electron chi connectivity index (χ1n) is 9.44.